The second kappa shape index (κ2) is 6.53. The molecule has 1 N–H and O–H groups in total. The summed E-state index contributed by atoms with van der Waals surface area (Å²) in [4.78, 5) is 12.4. The molecule has 0 spiro atoms. The number of amides is 1. The van der Waals surface area contributed by atoms with Gasteiger partial charge in [0.15, 0.2) is 0 Å². The van der Waals surface area contributed by atoms with Crippen LogP contribution in [-0.2, 0) is 6.54 Å². The minimum atomic E-state index is -0.515. The SMILES string of the molecule is O=C(NCc1ccc(Cl)cc1)c1cc(F)ccc1-n1cnnn1. The van der Waals surface area contributed by atoms with Gasteiger partial charge in [0.2, 0.25) is 0 Å². The van der Waals surface area contributed by atoms with Crippen LogP contribution in [0, 0.1) is 5.82 Å². The molecule has 1 heterocycles. The number of carbonyl (C=O) groups is 1. The molecular formula is C15H11ClFN5O. The molecule has 0 unspecified atom stereocenters. The van der Waals surface area contributed by atoms with Gasteiger partial charge < -0.3 is 5.32 Å². The highest BCUT2D eigenvalue weighted by Gasteiger charge is 2.15. The number of halogens is 2. The Hall–Kier alpha value is -2.80. The molecule has 0 aliphatic carbocycles. The summed E-state index contributed by atoms with van der Waals surface area (Å²) >= 11 is 5.81. The van der Waals surface area contributed by atoms with Crippen molar-refractivity contribution in [2.45, 2.75) is 6.54 Å². The molecule has 0 aliphatic rings. The van der Waals surface area contributed by atoms with Gasteiger partial charge in [-0.05, 0) is 46.3 Å². The second-order valence-corrected chi connectivity index (χ2v) is 5.16. The molecule has 2 aromatic carbocycles. The lowest BCUT2D eigenvalue weighted by Gasteiger charge is -2.10. The third-order valence-corrected chi connectivity index (χ3v) is 3.42. The van der Waals surface area contributed by atoms with Crippen molar-refractivity contribution in [3.63, 3.8) is 0 Å². The summed E-state index contributed by atoms with van der Waals surface area (Å²) in [6.07, 6.45) is 1.34. The Bertz CT molecular complexity index is 820. The zero-order valence-corrected chi connectivity index (χ0v) is 12.5. The lowest BCUT2D eigenvalue weighted by molar-refractivity contribution is 0.0950. The smallest absolute Gasteiger partial charge is 0.253 e. The van der Waals surface area contributed by atoms with Gasteiger partial charge in [-0.1, -0.05) is 23.7 Å². The van der Waals surface area contributed by atoms with E-state index >= 15 is 0 Å². The van der Waals surface area contributed by atoms with Crippen molar-refractivity contribution in [2.24, 2.45) is 0 Å². The summed E-state index contributed by atoms with van der Waals surface area (Å²) in [6, 6.07) is 10.9. The minimum absolute atomic E-state index is 0.145. The predicted octanol–water partition coefficient (Wildman–Crippen LogP) is 2.38. The third-order valence-electron chi connectivity index (χ3n) is 3.17. The first-order valence-electron chi connectivity index (χ1n) is 6.69. The number of nitrogens with one attached hydrogen (secondary N) is 1. The summed E-state index contributed by atoms with van der Waals surface area (Å²) in [5.74, 6) is -0.941. The van der Waals surface area contributed by atoms with Crippen molar-refractivity contribution in [3.8, 4) is 5.69 Å². The highest BCUT2D eigenvalue weighted by Crippen LogP contribution is 2.15. The Balaban J connectivity index is 1.81. The summed E-state index contributed by atoms with van der Waals surface area (Å²) < 4.78 is 14.8. The van der Waals surface area contributed by atoms with Crippen molar-refractivity contribution in [3.05, 3.63) is 70.8 Å². The van der Waals surface area contributed by atoms with Crippen molar-refractivity contribution >= 4 is 17.5 Å². The number of hydrogen-bond acceptors (Lipinski definition) is 4. The van der Waals surface area contributed by atoms with Gasteiger partial charge in [-0.15, -0.1) is 5.10 Å². The molecule has 0 atom stereocenters. The lowest BCUT2D eigenvalue weighted by Crippen LogP contribution is -2.24. The van der Waals surface area contributed by atoms with Crippen LogP contribution >= 0.6 is 11.6 Å². The van der Waals surface area contributed by atoms with Gasteiger partial charge in [0.25, 0.3) is 5.91 Å². The number of hydrogen-bond donors (Lipinski definition) is 1. The topological polar surface area (TPSA) is 72.7 Å². The molecule has 0 bridgehead atoms. The van der Waals surface area contributed by atoms with Crippen LogP contribution in [0.1, 0.15) is 15.9 Å². The fourth-order valence-electron chi connectivity index (χ4n) is 2.04. The van der Waals surface area contributed by atoms with E-state index in [0.29, 0.717) is 17.3 Å². The van der Waals surface area contributed by atoms with Crippen LogP contribution < -0.4 is 5.32 Å². The first kappa shape index (κ1) is 15.1. The second-order valence-electron chi connectivity index (χ2n) is 4.73. The van der Waals surface area contributed by atoms with E-state index in [0.717, 1.165) is 11.6 Å². The standard InChI is InChI=1S/C15H11ClFN5O/c16-11-3-1-10(2-4-11)8-18-15(23)13-7-12(17)5-6-14(13)22-9-19-20-21-22/h1-7,9H,8H2,(H,18,23). The lowest BCUT2D eigenvalue weighted by atomic mass is 10.1. The first-order valence-corrected chi connectivity index (χ1v) is 7.07. The maximum atomic E-state index is 13.5. The largest absolute Gasteiger partial charge is 0.348 e. The van der Waals surface area contributed by atoms with Crippen LogP contribution in [0.2, 0.25) is 5.02 Å². The molecule has 23 heavy (non-hydrogen) atoms. The van der Waals surface area contributed by atoms with Gasteiger partial charge in [0.1, 0.15) is 12.1 Å². The fraction of sp³-hybridized carbons (Fsp3) is 0.0667. The van der Waals surface area contributed by atoms with Gasteiger partial charge in [0.05, 0.1) is 11.3 Å². The molecule has 8 heteroatoms. The maximum Gasteiger partial charge on any atom is 0.253 e. The molecule has 1 amide bonds. The zero-order valence-electron chi connectivity index (χ0n) is 11.8. The Morgan fingerprint density at radius 3 is 2.70 bits per heavy atom. The molecule has 0 radical (unpaired) electrons. The van der Waals surface area contributed by atoms with Crippen molar-refractivity contribution in [2.75, 3.05) is 0 Å². The molecule has 0 saturated carbocycles. The zero-order chi connectivity index (χ0) is 16.2. The molecule has 0 aliphatic heterocycles. The molecule has 6 nitrogen and oxygen atoms in total. The van der Waals surface area contributed by atoms with Crippen LogP contribution in [0.3, 0.4) is 0 Å². The van der Waals surface area contributed by atoms with Crippen LogP contribution in [0.4, 0.5) is 4.39 Å². The number of tetrazole rings is 1. The van der Waals surface area contributed by atoms with E-state index in [1.54, 1.807) is 24.3 Å². The Kier molecular flexibility index (Phi) is 4.29. The average Bonchev–Trinajstić information content (AvgIpc) is 3.08. The van der Waals surface area contributed by atoms with E-state index < -0.39 is 11.7 Å². The average molecular weight is 332 g/mol. The number of rotatable bonds is 4. The third kappa shape index (κ3) is 3.51. The number of benzene rings is 2. The molecule has 3 aromatic rings. The Labute approximate surface area is 135 Å². The normalized spacial score (nSPS) is 10.5. The van der Waals surface area contributed by atoms with E-state index in [1.165, 1.54) is 23.1 Å². The molecule has 1 aromatic heterocycles. The van der Waals surface area contributed by atoms with E-state index in [9.17, 15) is 9.18 Å². The van der Waals surface area contributed by atoms with Gasteiger partial charge in [-0.2, -0.15) is 4.68 Å². The Morgan fingerprint density at radius 2 is 2.00 bits per heavy atom. The number of aromatic nitrogens is 4. The Morgan fingerprint density at radius 1 is 1.22 bits per heavy atom. The molecule has 116 valence electrons. The highest BCUT2D eigenvalue weighted by atomic mass is 35.5. The van der Waals surface area contributed by atoms with Crippen LogP contribution in [-0.4, -0.2) is 26.1 Å². The quantitative estimate of drug-likeness (QED) is 0.796. The molecular weight excluding hydrogens is 321 g/mol. The predicted molar refractivity (Wildman–Crippen MR) is 81.7 cm³/mol. The number of carbonyl (C=O) groups excluding carboxylic acids is 1. The van der Waals surface area contributed by atoms with Crippen molar-refractivity contribution in [1.82, 2.24) is 25.5 Å². The van der Waals surface area contributed by atoms with E-state index in [4.69, 9.17) is 11.6 Å². The van der Waals surface area contributed by atoms with E-state index in [2.05, 4.69) is 20.8 Å². The summed E-state index contributed by atoms with van der Waals surface area (Å²) in [5, 5.41) is 14.1. The monoisotopic (exact) mass is 331 g/mol. The highest BCUT2D eigenvalue weighted by molar-refractivity contribution is 6.30. The minimum Gasteiger partial charge on any atom is -0.348 e. The van der Waals surface area contributed by atoms with E-state index in [1.807, 2.05) is 0 Å². The fourth-order valence-corrected chi connectivity index (χ4v) is 2.17. The first-order chi connectivity index (χ1) is 11.1. The summed E-state index contributed by atoms with van der Waals surface area (Å²) in [5.41, 5.74) is 1.42. The molecule has 3 rings (SSSR count). The van der Waals surface area contributed by atoms with Gasteiger partial charge in [0, 0.05) is 11.6 Å². The van der Waals surface area contributed by atoms with Crippen LogP contribution in [0.25, 0.3) is 5.69 Å². The molecule has 0 fully saturated rings. The summed E-state index contributed by atoms with van der Waals surface area (Å²) in [6.45, 7) is 0.293. The van der Waals surface area contributed by atoms with Gasteiger partial charge in [-0.25, -0.2) is 4.39 Å². The van der Waals surface area contributed by atoms with Crippen molar-refractivity contribution in [1.29, 1.82) is 0 Å². The number of nitrogens with zero attached hydrogens (tertiary/aromatic N) is 4. The van der Waals surface area contributed by atoms with Gasteiger partial charge >= 0.3 is 0 Å². The summed E-state index contributed by atoms with van der Waals surface area (Å²) in [7, 11) is 0. The van der Waals surface area contributed by atoms with Crippen LogP contribution in [0.15, 0.2) is 48.8 Å². The van der Waals surface area contributed by atoms with Crippen molar-refractivity contribution < 1.29 is 9.18 Å². The van der Waals surface area contributed by atoms with Gasteiger partial charge in [-0.3, -0.25) is 4.79 Å². The maximum absolute atomic E-state index is 13.5. The molecule has 0 saturated heterocycles. The van der Waals surface area contributed by atoms with Crippen LogP contribution in [0.5, 0.6) is 0 Å². The van der Waals surface area contributed by atoms with E-state index in [-0.39, 0.29) is 5.56 Å².